The van der Waals surface area contributed by atoms with Crippen LogP contribution >= 0.6 is 12.4 Å². The van der Waals surface area contributed by atoms with E-state index in [9.17, 15) is 4.79 Å². The van der Waals surface area contributed by atoms with Gasteiger partial charge < -0.3 is 15.4 Å². The fourth-order valence-corrected chi connectivity index (χ4v) is 2.44. The first-order valence-corrected chi connectivity index (χ1v) is 6.90. The maximum absolute atomic E-state index is 12.3. The number of halogens is 1. The molecule has 0 bridgehead atoms. The Bertz CT molecular complexity index is 414. The second kappa shape index (κ2) is 8.25. The van der Waals surface area contributed by atoms with Gasteiger partial charge in [-0.2, -0.15) is 0 Å². The van der Waals surface area contributed by atoms with Crippen molar-refractivity contribution in [1.82, 2.24) is 4.90 Å². The number of benzene rings is 1. The van der Waals surface area contributed by atoms with Crippen LogP contribution in [0.1, 0.15) is 31.4 Å². The number of hydrogen-bond donors (Lipinski definition) is 1. The lowest BCUT2D eigenvalue weighted by molar-refractivity contribution is -0.140. The Morgan fingerprint density at radius 2 is 2.15 bits per heavy atom. The average Bonchev–Trinajstić information content (AvgIpc) is 2.48. The first-order chi connectivity index (χ1) is 9.22. The Labute approximate surface area is 126 Å². The van der Waals surface area contributed by atoms with Crippen molar-refractivity contribution in [2.75, 3.05) is 19.8 Å². The van der Waals surface area contributed by atoms with Gasteiger partial charge in [0.2, 0.25) is 5.91 Å². The highest BCUT2D eigenvalue weighted by Gasteiger charge is 2.26. The zero-order chi connectivity index (χ0) is 13.7. The number of carbonyl (C=O) groups excluding carboxylic acids is 1. The summed E-state index contributed by atoms with van der Waals surface area (Å²) >= 11 is 0. The maximum Gasteiger partial charge on any atom is 0.224 e. The molecular weight excluding hydrogens is 276 g/mol. The molecule has 0 radical (unpaired) electrons. The fourth-order valence-electron chi connectivity index (χ4n) is 2.44. The summed E-state index contributed by atoms with van der Waals surface area (Å²) in [5.74, 6) is 0.131. The summed E-state index contributed by atoms with van der Waals surface area (Å²) < 4.78 is 5.42. The highest BCUT2D eigenvalue weighted by molar-refractivity contribution is 5.85. The van der Waals surface area contributed by atoms with Crippen LogP contribution in [-0.2, 0) is 9.53 Å². The molecule has 0 saturated carbocycles. The molecule has 4 nitrogen and oxygen atoms in total. The largest absolute Gasteiger partial charge is 0.377 e. The minimum atomic E-state index is -0.228. The van der Waals surface area contributed by atoms with Crippen LogP contribution in [0.25, 0.3) is 0 Å². The van der Waals surface area contributed by atoms with Gasteiger partial charge in [0.05, 0.1) is 19.3 Å². The molecule has 2 unspecified atom stereocenters. The van der Waals surface area contributed by atoms with E-state index in [-0.39, 0.29) is 30.4 Å². The van der Waals surface area contributed by atoms with Gasteiger partial charge in [-0.1, -0.05) is 37.3 Å². The predicted molar refractivity (Wildman–Crippen MR) is 81.8 cm³/mol. The number of nitrogens with zero attached hydrogens (tertiary/aromatic N) is 1. The minimum absolute atomic E-state index is 0. The molecule has 1 saturated heterocycles. The summed E-state index contributed by atoms with van der Waals surface area (Å²) in [5, 5.41) is 0. The van der Waals surface area contributed by atoms with Crippen LogP contribution in [0.3, 0.4) is 0 Å². The van der Waals surface area contributed by atoms with Gasteiger partial charge >= 0.3 is 0 Å². The van der Waals surface area contributed by atoms with Crippen LogP contribution in [0.4, 0.5) is 0 Å². The van der Waals surface area contributed by atoms with E-state index >= 15 is 0 Å². The van der Waals surface area contributed by atoms with Crippen molar-refractivity contribution >= 4 is 18.3 Å². The molecule has 1 amide bonds. The van der Waals surface area contributed by atoms with Gasteiger partial charge in [0.1, 0.15) is 0 Å². The van der Waals surface area contributed by atoms with Gasteiger partial charge in [-0.15, -0.1) is 12.4 Å². The first kappa shape index (κ1) is 17.0. The molecule has 1 heterocycles. The Morgan fingerprint density at radius 3 is 2.80 bits per heavy atom. The molecule has 5 heteroatoms. The lowest BCUT2D eigenvalue weighted by Crippen LogP contribution is -2.48. The second-order valence-corrected chi connectivity index (χ2v) is 4.95. The summed E-state index contributed by atoms with van der Waals surface area (Å²) in [6, 6.07) is 9.75. The van der Waals surface area contributed by atoms with Gasteiger partial charge in [-0.25, -0.2) is 0 Å². The molecule has 1 fully saturated rings. The number of carbonyl (C=O) groups is 1. The summed E-state index contributed by atoms with van der Waals surface area (Å²) in [6.07, 6.45) is 1.28. The van der Waals surface area contributed by atoms with Crippen LogP contribution in [-0.4, -0.2) is 36.6 Å². The molecule has 112 valence electrons. The van der Waals surface area contributed by atoms with Crippen molar-refractivity contribution in [3.8, 4) is 0 Å². The molecule has 1 aliphatic rings. The molecule has 20 heavy (non-hydrogen) atoms. The van der Waals surface area contributed by atoms with Crippen molar-refractivity contribution in [2.45, 2.75) is 31.8 Å². The highest BCUT2D eigenvalue weighted by Crippen LogP contribution is 2.18. The van der Waals surface area contributed by atoms with Gasteiger partial charge in [0, 0.05) is 19.0 Å². The normalized spacial score (nSPS) is 20.1. The summed E-state index contributed by atoms with van der Waals surface area (Å²) in [6.45, 7) is 4.03. The topological polar surface area (TPSA) is 55.6 Å². The van der Waals surface area contributed by atoms with Crippen LogP contribution < -0.4 is 5.73 Å². The Balaban J connectivity index is 0.00000200. The van der Waals surface area contributed by atoms with Crippen LogP contribution in [0, 0.1) is 0 Å². The van der Waals surface area contributed by atoms with E-state index in [1.54, 1.807) is 0 Å². The maximum atomic E-state index is 12.3. The van der Waals surface area contributed by atoms with E-state index in [1.807, 2.05) is 35.2 Å². The van der Waals surface area contributed by atoms with Gasteiger partial charge in [0.25, 0.3) is 0 Å². The smallest absolute Gasteiger partial charge is 0.224 e. The van der Waals surface area contributed by atoms with E-state index in [4.69, 9.17) is 10.5 Å². The van der Waals surface area contributed by atoms with Crippen LogP contribution in [0.5, 0.6) is 0 Å². The quantitative estimate of drug-likeness (QED) is 0.926. The van der Waals surface area contributed by atoms with E-state index in [0.717, 1.165) is 12.0 Å². The van der Waals surface area contributed by atoms with Crippen molar-refractivity contribution in [3.63, 3.8) is 0 Å². The predicted octanol–water partition coefficient (Wildman–Crippen LogP) is 2.14. The molecule has 2 atom stereocenters. The number of rotatable bonds is 4. The molecule has 0 spiro atoms. The van der Waals surface area contributed by atoms with Crippen LogP contribution in [0.2, 0.25) is 0 Å². The second-order valence-electron chi connectivity index (χ2n) is 4.95. The van der Waals surface area contributed by atoms with Crippen LogP contribution in [0.15, 0.2) is 30.3 Å². The average molecular weight is 299 g/mol. The number of hydrogen-bond acceptors (Lipinski definition) is 3. The van der Waals surface area contributed by atoms with Gasteiger partial charge in [-0.3, -0.25) is 4.79 Å². The Morgan fingerprint density at radius 1 is 1.45 bits per heavy atom. The number of nitrogens with two attached hydrogens (primary N) is 1. The third-order valence-electron chi connectivity index (χ3n) is 3.64. The summed E-state index contributed by atoms with van der Waals surface area (Å²) in [4.78, 5) is 14.3. The Kier molecular flexibility index (Phi) is 6.99. The Hall–Kier alpha value is -1.10. The SMILES string of the molecule is CCC1COCCN1C(=O)CC(N)c1ccccc1.Cl. The number of amides is 1. The standard InChI is InChI=1S/C15H22N2O2.ClH/c1-2-13-11-19-9-8-17(13)15(18)10-14(16)12-6-4-3-5-7-12;/h3-7,13-14H,2,8-11,16H2,1H3;1H. The molecule has 1 aromatic carbocycles. The minimum Gasteiger partial charge on any atom is -0.377 e. The van der Waals surface area contributed by atoms with Gasteiger partial charge in [-0.05, 0) is 12.0 Å². The van der Waals surface area contributed by atoms with E-state index in [0.29, 0.717) is 26.2 Å². The fraction of sp³-hybridized carbons (Fsp3) is 0.533. The molecule has 0 aromatic heterocycles. The summed E-state index contributed by atoms with van der Waals surface area (Å²) in [5.41, 5.74) is 7.12. The summed E-state index contributed by atoms with van der Waals surface area (Å²) in [7, 11) is 0. The van der Waals surface area contributed by atoms with Crippen molar-refractivity contribution in [3.05, 3.63) is 35.9 Å². The zero-order valence-electron chi connectivity index (χ0n) is 11.8. The highest BCUT2D eigenvalue weighted by atomic mass is 35.5. The molecule has 1 aliphatic heterocycles. The molecule has 0 aliphatic carbocycles. The molecular formula is C15H23ClN2O2. The lowest BCUT2D eigenvalue weighted by atomic mass is 10.0. The van der Waals surface area contributed by atoms with Crippen molar-refractivity contribution in [1.29, 1.82) is 0 Å². The van der Waals surface area contributed by atoms with E-state index in [2.05, 4.69) is 6.92 Å². The zero-order valence-corrected chi connectivity index (χ0v) is 12.6. The first-order valence-electron chi connectivity index (χ1n) is 6.90. The molecule has 2 rings (SSSR count). The van der Waals surface area contributed by atoms with E-state index < -0.39 is 0 Å². The van der Waals surface area contributed by atoms with Crippen molar-refractivity contribution in [2.24, 2.45) is 5.73 Å². The third kappa shape index (κ3) is 4.20. The third-order valence-corrected chi connectivity index (χ3v) is 3.64. The van der Waals surface area contributed by atoms with Crippen molar-refractivity contribution < 1.29 is 9.53 Å². The molecule has 1 aromatic rings. The van der Waals surface area contributed by atoms with Gasteiger partial charge in [0.15, 0.2) is 0 Å². The molecule has 2 N–H and O–H groups in total. The monoisotopic (exact) mass is 298 g/mol. The number of morpholine rings is 1. The van der Waals surface area contributed by atoms with E-state index in [1.165, 1.54) is 0 Å². The lowest BCUT2D eigenvalue weighted by Gasteiger charge is -2.35. The number of ether oxygens (including phenoxy) is 1.